The van der Waals surface area contributed by atoms with Gasteiger partial charge in [-0.2, -0.15) is 18.7 Å². The van der Waals surface area contributed by atoms with E-state index in [2.05, 4.69) is 10.3 Å². The van der Waals surface area contributed by atoms with E-state index in [9.17, 15) is 13.2 Å². The third kappa shape index (κ3) is 4.51. The summed E-state index contributed by atoms with van der Waals surface area (Å²) in [7, 11) is 0. The van der Waals surface area contributed by atoms with Gasteiger partial charge in [0.15, 0.2) is 6.61 Å². The summed E-state index contributed by atoms with van der Waals surface area (Å²) < 4.78 is 36.2. The van der Waals surface area contributed by atoms with Crippen molar-refractivity contribution >= 4 is 0 Å². The zero-order valence-corrected chi connectivity index (χ0v) is 10.6. The van der Waals surface area contributed by atoms with E-state index < -0.39 is 12.8 Å². The van der Waals surface area contributed by atoms with Crippen LogP contribution in [0.3, 0.4) is 0 Å². The number of halogens is 3. The van der Waals surface area contributed by atoms with Crippen LogP contribution in [0.2, 0.25) is 0 Å². The van der Waals surface area contributed by atoms with E-state index in [4.69, 9.17) is 0 Å². The largest absolute Gasteiger partial charge is 0.413 e. The molecule has 0 heterocycles. The van der Waals surface area contributed by atoms with Crippen molar-refractivity contribution in [2.24, 2.45) is 0 Å². The van der Waals surface area contributed by atoms with Crippen LogP contribution in [0, 0.1) is 0 Å². The van der Waals surface area contributed by atoms with Gasteiger partial charge in [-0.25, -0.2) is 0 Å². The fourth-order valence-corrected chi connectivity index (χ4v) is 2.60. The summed E-state index contributed by atoms with van der Waals surface area (Å²) in [4.78, 5) is 4.61. The minimum Gasteiger partial charge on any atom is -0.292 e. The number of hydrogen-bond acceptors (Lipinski definition) is 2. The molecule has 2 atom stereocenters. The molecule has 1 N–H and O–H groups in total. The van der Waals surface area contributed by atoms with Crippen molar-refractivity contribution in [1.29, 1.82) is 0 Å². The maximum atomic E-state index is 12.1. The van der Waals surface area contributed by atoms with E-state index in [1.165, 1.54) is 0 Å². The highest BCUT2D eigenvalue weighted by Gasteiger charge is 2.30. The standard InChI is InChI=1S/C14H18F3NO/c15-14(16,17)10-19-18-13-9-5-4-8-12(13)11-6-2-1-3-7-11/h1-3,6-7,12-13,18H,4-5,8-10H2. The van der Waals surface area contributed by atoms with Crippen molar-refractivity contribution in [2.75, 3.05) is 6.61 Å². The minimum atomic E-state index is -4.29. The van der Waals surface area contributed by atoms with Crippen LogP contribution in [0.1, 0.15) is 37.2 Å². The Bertz CT molecular complexity index is 380. The third-order valence-corrected chi connectivity index (χ3v) is 3.46. The van der Waals surface area contributed by atoms with Gasteiger partial charge in [0.1, 0.15) is 0 Å². The molecule has 2 unspecified atom stereocenters. The maximum Gasteiger partial charge on any atom is 0.413 e. The van der Waals surface area contributed by atoms with Crippen LogP contribution in [0.15, 0.2) is 30.3 Å². The molecule has 106 valence electrons. The molecular weight excluding hydrogens is 255 g/mol. The van der Waals surface area contributed by atoms with Crippen molar-refractivity contribution in [2.45, 2.75) is 43.8 Å². The molecule has 1 aliphatic rings. The second-order valence-electron chi connectivity index (χ2n) is 4.93. The lowest BCUT2D eigenvalue weighted by Gasteiger charge is -2.32. The van der Waals surface area contributed by atoms with Crippen LogP contribution in [-0.4, -0.2) is 18.8 Å². The Labute approximate surface area is 110 Å². The summed E-state index contributed by atoms with van der Waals surface area (Å²) >= 11 is 0. The second kappa shape index (κ2) is 6.39. The predicted octanol–water partition coefficient (Wildman–Crippen LogP) is 3.80. The SMILES string of the molecule is FC(F)(F)CONC1CCCCC1c1ccccc1. The highest BCUT2D eigenvalue weighted by molar-refractivity contribution is 5.21. The Morgan fingerprint density at radius 3 is 2.47 bits per heavy atom. The monoisotopic (exact) mass is 273 g/mol. The fourth-order valence-electron chi connectivity index (χ4n) is 2.60. The smallest absolute Gasteiger partial charge is 0.292 e. The summed E-state index contributed by atoms with van der Waals surface area (Å²) in [5.74, 6) is 0.225. The van der Waals surface area contributed by atoms with Gasteiger partial charge < -0.3 is 0 Å². The molecular formula is C14H18F3NO. The molecule has 1 aliphatic carbocycles. The molecule has 0 bridgehead atoms. The first-order chi connectivity index (χ1) is 9.06. The minimum absolute atomic E-state index is 0.0431. The molecule has 0 amide bonds. The topological polar surface area (TPSA) is 21.3 Å². The second-order valence-corrected chi connectivity index (χ2v) is 4.93. The number of rotatable bonds is 4. The molecule has 5 heteroatoms. The number of nitrogens with one attached hydrogen (secondary N) is 1. The Morgan fingerprint density at radius 1 is 1.11 bits per heavy atom. The molecule has 0 aromatic heterocycles. The van der Waals surface area contributed by atoms with Crippen LogP contribution in [-0.2, 0) is 4.84 Å². The van der Waals surface area contributed by atoms with Gasteiger partial charge in [-0.1, -0.05) is 43.2 Å². The van der Waals surface area contributed by atoms with E-state index >= 15 is 0 Å². The summed E-state index contributed by atoms with van der Waals surface area (Å²) in [5.41, 5.74) is 3.77. The highest BCUT2D eigenvalue weighted by atomic mass is 19.4. The first-order valence-electron chi connectivity index (χ1n) is 6.55. The van der Waals surface area contributed by atoms with E-state index in [1.807, 2.05) is 30.3 Å². The van der Waals surface area contributed by atoms with Gasteiger partial charge in [0.05, 0.1) is 0 Å². The molecule has 0 aliphatic heterocycles. The Kier molecular flexibility index (Phi) is 4.82. The lowest BCUT2D eigenvalue weighted by Crippen LogP contribution is -2.39. The first kappa shape index (κ1) is 14.3. The van der Waals surface area contributed by atoms with E-state index in [1.54, 1.807) is 0 Å². The van der Waals surface area contributed by atoms with Gasteiger partial charge >= 0.3 is 6.18 Å². The van der Waals surface area contributed by atoms with Crippen LogP contribution >= 0.6 is 0 Å². The maximum absolute atomic E-state index is 12.1. The van der Waals surface area contributed by atoms with E-state index in [0.717, 1.165) is 31.2 Å². The fraction of sp³-hybridized carbons (Fsp3) is 0.571. The summed E-state index contributed by atoms with van der Waals surface area (Å²) in [6, 6.07) is 9.85. The average molecular weight is 273 g/mol. The number of hydroxylamine groups is 1. The van der Waals surface area contributed by atoms with Crippen molar-refractivity contribution < 1.29 is 18.0 Å². The van der Waals surface area contributed by atoms with E-state index in [-0.39, 0.29) is 12.0 Å². The molecule has 0 radical (unpaired) electrons. The lowest BCUT2D eigenvalue weighted by molar-refractivity contribution is -0.194. The molecule has 1 fully saturated rings. The molecule has 19 heavy (non-hydrogen) atoms. The normalized spacial score (nSPS) is 24.4. The molecule has 0 spiro atoms. The summed E-state index contributed by atoms with van der Waals surface area (Å²) in [6.07, 6.45) is -0.328. The first-order valence-corrected chi connectivity index (χ1v) is 6.55. The van der Waals surface area contributed by atoms with Crippen molar-refractivity contribution in [3.63, 3.8) is 0 Å². The van der Waals surface area contributed by atoms with Crippen LogP contribution in [0.25, 0.3) is 0 Å². The van der Waals surface area contributed by atoms with Crippen molar-refractivity contribution in [3.05, 3.63) is 35.9 Å². The number of hydrogen-bond donors (Lipinski definition) is 1. The quantitative estimate of drug-likeness (QED) is 0.843. The molecule has 1 aromatic rings. The zero-order valence-electron chi connectivity index (χ0n) is 10.6. The van der Waals surface area contributed by atoms with Crippen LogP contribution in [0.5, 0.6) is 0 Å². The molecule has 2 nitrogen and oxygen atoms in total. The summed E-state index contributed by atoms with van der Waals surface area (Å²) in [5, 5.41) is 0. The molecule has 0 saturated heterocycles. The number of benzene rings is 1. The van der Waals surface area contributed by atoms with Gasteiger partial charge in [-0.3, -0.25) is 4.84 Å². The molecule has 1 saturated carbocycles. The van der Waals surface area contributed by atoms with Crippen LogP contribution < -0.4 is 5.48 Å². The van der Waals surface area contributed by atoms with Gasteiger partial charge in [-0.15, -0.1) is 0 Å². The lowest BCUT2D eigenvalue weighted by atomic mass is 9.80. The van der Waals surface area contributed by atoms with E-state index in [0.29, 0.717) is 0 Å². The van der Waals surface area contributed by atoms with Crippen LogP contribution in [0.4, 0.5) is 13.2 Å². The van der Waals surface area contributed by atoms with Gasteiger partial charge in [0.25, 0.3) is 0 Å². The third-order valence-electron chi connectivity index (χ3n) is 3.46. The molecule has 2 rings (SSSR count). The number of alkyl halides is 3. The summed E-state index contributed by atoms with van der Waals surface area (Å²) in [6.45, 7) is -1.25. The Hall–Kier alpha value is -1.07. The van der Waals surface area contributed by atoms with Gasteiger partial charge in [0.2, 0.25) is 0 Å². The zero-order chi connectivity index (χ0) is 13.7. The average Bonchev–Trinajstić information content (AvgIpc) is 2.39. The van der Waals surface area contributed by atoms with Gasteiger partial charge in [-0.05, 0) is 18.4 Å². The van der Waals surface area contributed by atoms with Crippen molar-refractivity contribution in [3.8, 4) is 0 Å². The van der Waals surface area contributed by atoms with Gasteiger partial charge in [0, 0.05) is 12.0 Å². The predicted molar refractivity (Wildman–Crippen MR) is 66.6 cm³/mol. The Morgan fingerprint density at radius 2 is 1.79 bits per heavy atom. The van der Waals surface area contributed by atoms with Crippen molar-refractivity contribution in [1.82, 2.24) is 5.48 Å². The Balaban J connectivity index is 1.93. The highest BCUT2D eigenvalue weighted by Crippen LogP contribution is 2.33. The molecule has 1 aromatic carbocycles.